The molecule has 0 spiro atoms. The van der Waals surface area contributed by atoms with Gasteiger partial charge in [-0.1, -0.05) is 45.4 Å². The second-order valence-electron chi connectivity index (χ2n) is 3.45. The van der Waals surface area contributed by atoms with E-state index in [1.807, 2.05) is 0 Å². The summed E-state index contributed by atoms with van der Waals surface area (Å²) in [6.07, 6.45) is 7.84. The molecule has 0 saturated heterocycles. The molecular formula is C9H22NaO4P. The first-order valence-corrected chi connectivity index (χ1v) is 6.79. The summed E-state index contributed by atoms with van der Waals surface area (Å²) in [6.45, 7) is 2.34. The predicted molar refractivity (Wildman–Crippen MR) is 63.1 cm³/mol. The Morgan fingerprint density at radius 2 is 1.47 bits per heavy atom. The first-order chi connectivity index (χ1) is 6.56. The second kappa shape index (κ2) is 11.6. The Hall–Kier alpha value is 1.11. The second-order valence-corrected chi connectivity index (χ2v) is 4.68. The summed E-state index contributed by atoms with van der Waals surface area (Å²) in [5.41, 5.74) is 0. The first-order valence-electron chi connectivity index (χ1n) is 5.26. The van der Waals surface area contributed by atoms with E-state index in [-0.39, 0.29) is 36.2 Å². The van der Waals surface area contributed by atoms with Crippen molar-refractivity contribution < 1.29 is 18.9 Å². The zero-order chi connectivity index (χ0) is 10.9. The van der Waals surface area contributed by atoms with E-state index >= 15 is 0 Å². The molecule has 0 rings (SSSR count). The van der Waals surface area contributed by atoms with Crippen LogP contribution >= 0.6 is 7.82 Å². The molecule has 0 unspecified atom stereocenters. The minimum atomic E-state index is -4.23. The maximum absolute atomic E-state index is 10.3. The van der Waals surface area contributed by atoms with Crippen molar-refractivity contribution in [3.05, 3.63) is 0 Å². The summed E-state index contributed by atoms with van der Waals surface area (Å²) in [6, 6.07) is 0. The summed E-state index contributed by atoms with van der Waals surface area (Å²) in [5, 5.41) is 0. The quantitative estimate of drug-likeness (QED) is 0.373. The van der Waals surface area contributed by atoms with Crippen LogP contribution in [0.4, 0.5) is 0 Å². The molecular weight excluding hydrogens is 226 g/mol. The monoisotopic (exact) mass is 248 g/mol. The number of rotatable bonds is 9. The van der Waals surface area contributed by atoms with Crippen LogP contribution in [-0.2, 0) is 9.09 Å². The van der Waals surface area contributed by atoms with Crippen molar-refractivity contribution in [2.24, 2.45) is 0 Å². The third-order valence-corrected chi connectivity index (χ3v) is 2.53. The first kappa shape index (κ1) is 18.5. The number of hydrogen-bond acceptors (Lipinski definition) is 2. The SMILES string of the molecule is CCCCCCCCCOP(=O)(O)O.[NaH]. The third-order valence-electron chi connectivity index (χ3n) is 2.01. The molecule has 0 aromatic rings. The molecule has 0 aliphatic rings. The molecule has 4 nitrogen and oxygen atoms in total. The van der Waals surface area contributed by atoms with Crippen LogP contribution in [0.15, 0.2) is 0 Å². The summed E-state index contributed by atoms with van der Waals surface area (Å²) < 4.78 is 14.6. The molecule has 0 heterocycles. The molecule has 0 aromatic carbocycles. The molecule has 0 bridgehead atoms. The molecule has 15 heavy (non-hydrogen) atoms. The fraction of sp³-hybridized carbons (Fsp3) is 1.00. The average molecular weight is 248 g/mol. The standard InChI is InChI=1S/C9H21O4P.Na.H/c1-2-3-4-5-6-7-8-9-13-14(10,11)12;;/h2-9H2,1H3,(H2,10,11,12);;. The van der Waals surface area contributed by atoms with Crippen molar-refractivity contribution >= 4 is 37.4 Å². The predicted octanol–water partition coefficient (Wildman–Crippen LogP) is 2.20. The molecule has 0 amide bonds. The Morgan fingerprint density at radius 3 is 1.93 bits per heavy atom. The van der Waals surface area contributed by atoms with Crippen LogP contribution in [0.25, 0.3) is 0 Å². The van der Waals surface area contributed by atoms with E-state index in [1.54, 1.807) is 0 Å². The summed E-state index contributed by atoms with van der Waals surface area (Å²) >= 11 is 0. The number of phosphoric ester groups is 1. The summed E-state index contributed by atoms with van der Waals surface area (Å²) in [5.74, 6) is 0. The van der Waals surface area contributed by atoms with Gasteiger partial charge in [0.05, 0.1) is 6.61 Å². The van der Waals surface area contributed by atoms with Crippen LogP contribution in [0.1, 0.15) is 51.9 Å². The van der Waals surface area contributed by atoms with Gasteiger partial charge in [0.25, 0.3) is 0 Å². The van der Waals surface area contributed by atoms with Gasteiger partial charge in [-0.2, -0.15) is 0 Å². The number of phosphoric acid groups is 1. The topological polar surface area (TPSA) is 66.8 Å². The Morgan fingerprint density at radius 1 is 1.00 bits per heavy atom. The van der Waals surface area contributed by atoms with Gasteiger partial charge in [-0.3, -0.25) is 4.52 Å². The Labute approximate surface area is 114 Å². The fourth-order valence-corrected chi connectivity index (χ4v) is 1.61. The zero-order valence-corrected chi connectivity index (χ0v) is 9.71. The minimum absolute atomic E-state index is 0. The van der Waals surface area contributed by atoms with E-state index < -0.39 is 7.82 Å². The van der Waals surface area contributed by atoms with Gasteiger partial charge in [-0.05, 0) is 6.42 Å². The van der Waals surface area contributed by atoms with E-state index in [0.717, 1.165) is 19.3 Å². The van der Waals surface area contributed by atoms with E-state index in [9.17, 15) is 4.57 Å². The normalized spacial score (nSPS) is 11.1. The molecule has 0 saturated carbocycles. The van der Waals surface area contributed by atoms with Gasteiger partial charge in [-0.15, -0.1) is 0 Å². The van der Waals surface area contributed by atoms with Crippen LogP contribution in [0.5, 0.6) is 0 Å². The summed E-state index contributed by atoms with van der Waals surface area (Å²) in [4.78, 5) is 16.8. The van der Waals surface area contributed by atoms with E-state index in [2.05, 4.69) is 11.4 Å². The molecule has 0 atom stereocenters. The fourth-order valence-electron chi connectivity index (χ4n) is 1.24. The number of hydrogen-bond donors (Lipinski definition) is 2. The van der Waals surface area contributed by atoms with E-state index in [1.165, 1.54) is 25.7 Å². The average Bonchev–Trinajstić information content (AvgIpc) is 2.08. The molecule has 0 aromatic heterocycles. The summed E-state index contributed by atoms with van der Waals surface area (Å²) in [7, 11) is -4.23. The Bertz CT molecular complexity index is 171. The maximum atomic E-state index is 10.3. The zero-order valence-electron chi connectivity index (χ0n) is 8.81. The van der Waals surface area contributed by atoms with Gasteiger partial charge >= 0.3 is 37.4 Å². The van der Waals surface area contributed by atoms with Gasteiger partial charge in [0.1, 0.15) is 0 Å². The molecule has 6 heteroatoms. The molecule has 0 fully saturated rings. The molecule has 0 radical (unpaired) electrons. The number of unbranched alkanes of at least 4 members (excludes halogenated alkanes) is 6. The van der Waals surface area contributed by atoms with Gasteiger partial charge in [0.15, 0.2) is 0 Å². The van der Waals surface area contributed by atoms with Crippen molar-refractivity contribution in [3.63, 3.8) is 0 Å². The van der Waals surface area contributed by atoms with Gasteiger partial charge in [0.2, 0.25) is 0 Å². The van der Waals surface area contributed by atoms with Crippen molar-refractivity contribution in [1.82, 2.24) is 0 Å². The van der Waals surface area contributed by atoms with Gasteiger partial charge in [-0.25, -0.2) is 4.57 Å². The van der Waals surface area contributed by atoms with Crippen molar-refractivity contribution in [1.29, 1.82) is 0 Å². The molecule has 0 aliphatic carbocycles. The molecule has 0 aliphatic heterocycles. The van der Waals surface area contributed by atoms with Gasteiger partial charge < -0.3 is 9.79 Å². The van der Waals surface area contributed by atoms with Crippen LogP contribution < -0.4 is 0 Å². The van der Waals surface area contributed by atoms with Crippen molar-refractivity contribution in [2.45, 2.75) is 51.9 Å². The van der Waals surface area contributed by atoms with E-state index in [0.29, 0.717) is 0 Å². The van der Waals surface area contributed by atoms with E-state index in [4.69, 9.17) is 9.79 Å². The van der Waals surface area contributed by atoms with Crippen molar-refractivity contribution in [3.8, 4) is 0 Å². The van der Waals surface area contributed by atoms with Crippen LogP contribution in [0, 0.1) is 0 Å². The Kier molecular flexibility index (Phi) is 14.3. The van der Waals surface area contributed by atoms with Gasteiger partial charge in [0, 0.05) is 0 Å². The third kappa shape index (κ3) is 17.7. The molecule has 2 N–H and O–H groups in total. The van der Waals surface area contributed by atoms with Crippen LogP contribution in [0.2, 0.25) is 0 Å². The van der Waals surface area contributed by atoms with Crippen molar-refractivity contribution in [2.75, 3.05) is 6.61 Å². The van der Waals surface area contributed by atoms with Crippen LogP contribution in [0.3, 0.4) is 0 Å². The molecule has 88 valence electrons. The Balaban J connectivity index is 0. The van der Waals surface area contributed by atoms with Crippen LogP contribution in [-0.4, -0.2) is 46.0 Å².